The number of pyridine rings is 1. The van der Waals surface area contributed by atoms with Gasteiger partial charge in [-0.25, -0.2) is 0 Å². The molecule has 1 aromatic carbocycles. The largest absolute Gasteiger partial charge is 0.368 e. The number of amides is 1. The van der Waals surface area contributed by atoms with E-state index in [0.29, 0.717) is 19.2 Å². The maximum absolute atomic E-state index is 12.6. The Morgan fingerprint density at radius 3 is 2.96 bits per heavy atom. The molecule has 0 unspecified atom stereocenters. The van der Waals surface area contributed by atoms with Crippen LogP contribution in [0.15, 0.2) is 48.8 Å². The van der Waals surface area contributed by atoms with Crippen molar-refractivity contribution in [1.82, 2.24) is 10.3 Å². The van der Waals surface area contributed by atoms with Crippen molar-refractivity contribution < 1.29 is 9.53 Å². The Hall–Kier alpha value is -2.40. The number of fused-ring (bicyclic) bond motifs is 2. The van der Waals surface area contributed by atoms with E-state index < -0.39 is 0 Å². The molecule has 1 saturated heterocycles. The molecular formula is C22H27N3O2. The minimum atomic E-state index is -0.376. The Morgan fingerprint density at radius 1 is 1.33 bits per heavy atom. The number of benzene rings is 1. The zero-order valence-corrected chi connectivity index (χ0v) is 16.0. The fraction of sp³-hybridized carbons (Fsp3) is 0.455. The minimum Gasteiger partial charge on any atom is -0.368 e. The van der Waals surface area contributed by atoms with E-state index >= 15 is 0 Å². The van der Waals surface area contributed by atoms with E-state index in [1.807, 2.05) is 18.3 Å². The highest BCUT2D eigenvalue weighted by molar-refractivity contribution is 5.81. The molecule has 4 rings (SSSR count). The summed E-state index contributed by atoms with van der Waals surface area (Å²) in [6, 6.07) is 12.9. The number of nitrogens with zero attached hydrogens (tertiary/aromatic N) is 2. The van der Waals surface area contributed by atoms with Crippen molar-refractivity contribution in [3.63, 3.8) is 0 Å². The molecule has 0 bridgehead atoms. The van der Waals surface area contributed by atoms with Crippen LogP contribution in [-0.2, 0) is 21.4 Å². The van der Waals surface area contributed by atoms with Gasteiger partial charge in [-0.3, -0.25) is 9.78 Å². The number of ether oxygens (including phenoxy) is 1. The second-order valence-corrected chi connectivity index (χ2v) is 7.93. The van der Waals surface area contributed by atoms with Crippen LogP contribution in [0.2, 0.25) is 0 Å². The third-order valence-corrected chi connectivity index (χ3v) is 5.75. The molecule has 2 aromatic rings. The highest BCUT2D eigenvalue weighted by Gasteiger charge is 2.50. The molecule has 1 fully saturated rings. The van der Waals surface area contributed by atoms with Gasteiger partial charge < -0.3 is 15.0 Å². The smallest absolute Gasteiger partial charge is 0.249 e. The Labute approximate surface area is 160 Å². The molecule has 5 nitrogen and oxygen atoms in total. The molecule has 0 saturated carbocycles. The summed E-state index contributed by atoms with van der Waals surface area (Å²) in [5.41, 5.74) is 3.66. The Kier molecular flexibility index (Phi) is 4.87. The molecule has 0 radical (unpaired) electrons. The Balaban J connectivity index is 1.40. The highest BCUT2D eigenvalue weighted by Crippen LogP contribution is 2.47. The van der Waals surface area contributed by atoms with Crippen LogP contribution in [0.5, 0.6) is 0 Å². The van der Waals surface area contributed by atoms with Crippen molar-refractivity contribution in [2.24, 2.45) is 0 Å². The number of nitrogens with one attached hydrogen (secondary N) is 1. The SMILES string of the molecule is CC(C)N1C[C@]2(CO[C@@H](C(=O)NCCc3cccnc3)C2)c2ccccc21. The summed E-state index contributed by atoms with van der Waals surface area (Å²) in [6.45, 7) is 6.56. The average molecular weight is 365 g/mol. The standard InChI is InChI=1S/C22H27N3O2/c1-16(2)25-14-22(18-7-3-4-8-19(18)25)12-20(27-15-22)21(26)24-11-9-17-6-5-10-23-13-17/h3-8,10,13,16,20H,9,11-12,14-15H2,1-2H3,(H,24,26)/t20-,22-/m1/s1. The minimum absolute atomic E-state index is 0.00348. The van der Waals surface area contributed by atoms with Crippen LogP contribution >= 0.6 is 0 Å². The zero-order valence-electron chi connectivity index (χ0n) is 16.0. The van der Waals surface area contributed by atoms with Gasteiger partial charge in [0.2, 0.25) is 5.91 Å². The van der Waals surface area contributed by atoms with Crippen LogP contribution < -0.4 is 10.2 Å². The van der Waals surface area contributed by atoms with Crippen LogP contribution in [0.4, 0.5) is 5.69 Å². The van der Waals surface area contributed by atoms with E-state index in [4.69, 9.17) is 4.74 Å². The predicted octanol–water partition coefficient (Wildman–Crippen LogP) is 2.70. The molecule has 2 atom stereocenters. The normalized spacial score (nSPS) is 23.8. The maximum atomic E-state index is 12.6. The van der Waals surface area contributed by atoms with Gasteiger partial charge in [-0.2, -0.15) is 0 Å². The quantitative estimate of drug-likeness (QED) is 0.885. The molecule has 3 heterocycles. The summed E-state index contributed by atoms with van der Waals surface area (Å²) in [5.74, 6) is -0.00348. The molecule has 142 valence electrons. The van der Waals surface area contributed by atoms with E-state index in [9.17, 15) is 4.79 Å². The lowest BCUT2D eigenvalue weighted by atomic mass is 9.80. The van der Waals surface area contributed by atoms with Gasteiger partial charge in [-0.05, 0) is 49.9 Å². The monoisotopic (exact) mass is 365 g/mol. The van der Waals surface area contributed by atoms with Gasteiger partial charge in [0.1, 0.15) is 6.10 Å². The fourth-order valence-electron chi connectivity index (χ4n) is 4.32. The molecule has 27 heavy (non-hydrogen) atoms. The fourth-order valence-corrected chi connectivity index (χ4v) is 4.32. The number of carbonyl (C=O) groups is 1. The van der Waals surface area contributed by atoms with Gasteiger partial charge in [0.15, 0.2) is 0 Å². The lowest BCUT2D eigenvalue weighted by molar-refractivity contribution is -0.129. The second-order valence-electron chi connectivity index (χ2n) is 7.93. The number of rotatable bonds is 5. The highest BCUT2D eigenvalue weighted by atomic mass is 16.5. The number of anilines is 1. The Bertz CT molecular complexity index is 808. The van der Waals surface area contributed by atoms with Crippen molar-refractivity contribution in [1.29, 1.82) is 0 Å². The van der Waals surface area contributed by atoms with Crippen LogP contribution in [0, 0.1) is 0 Å². The maximum Gasteiger partial charge on any atom is 0.249 e. The summed E-state index contributed by atoms with van der Waals surface area (Å²) >= 11 is 0. The summed E-state index contributed by atoms with van der Waals surface area (Å²) in [7, 11) is 0. The van der Waals surface area contributed by atoms with Crippen LogP contribution in [0.3, 0.4) is 0 Å². The second kappa shape index (κ2) is 7.31. The van der Waals surface area contributed by atoms with E-state index in [0.717, 1.165) is 24.9 Å². The van der Waals surface area contributed by atoms with Crippen molar-refractivity contribution >= 4 is 11.6 Å². The first-order valence-electron chi connectivity index (χ1n) is 9.73. The number of hydrogen-bond acceptors (Lipinski definition) is 4. The lowest BCUT2D eigenvalue weighted by Gasteiger charge is -2.27. The number of aromatic nitrogens is 1. The van der Waals surface area contributed by atoms with Crippen molar-refractivity contribution in [2.45, 2.75) is 44.2 Å². The van der Waals surface area contributed by atoms with Crippen molar-refractivity contribution in [3.8, 4) is 0 Å². The van der Waals surface area contributed by atoms with E-state index in [-0.39, 0.29) is 17.4 Å². The summed E-state index contributed by atoms with van der Waals surface area (Å²) in [4.78, 5) is 19.2. The molecule has 1 N–H and O–H groups in total. The van der Waals surface area contributed by atoms with Crippen LogP contribution in [0.1, 0.15) is 31.4 Å². The topological polar surface area (TPSA) is 54.5 Å². The molecular weight excluding hydrogens is 338 g/mol. The first kappa shape index (κ1) is 18.0. The molecule has 0 aliphatic carbocycles. The van der Waals surface area contributed by atoms with Gasteiger partial charge in [0.05, 0.1) is 6.61 Å². The van der Waals surface area contributed by atoms with Crippen LogP contribution in [0.25, 0.3) is 0 Å². The van der Waals surface area contributed by atoms with Gasteiger partial charge >= 0.3 is 0 Å². The molecule has 1 spiro atoms. The number of carbonyl (C=O) groups excluding carboxylic acids is 1. The summed E-state index contributed by atoms with van der Waals surface area (Å²) in [6.07, 6.45) is 4.74. The molecule has 1 aromatic heterocycles. The summed E-state index contributed by atoms with van der Waals surface area (Å²) < 4.78 is 5.99. The molecule has 5 heteroatoms. The molecule has 1 amide bonds. The number of para-hydroxylation sites is 1. The van der Waals surface area contributed by atoms with E-state index in [1.165, 1.54) is 11.3 Å². The summed E-state index contributed by atoms with van der Waals surface area (Å²) in [5, 5.41) is 3.03. The predicted molar refractivity (Wildman–Crippen MR) is 106 cm³/mol. The molecule has 2 aliphatic rings. The molecule has 2 aliphatic heterocycles. The van der Waals surface area contributed by atoms with Gasteiger partial charge in [0, 0.05) is 42.6 Å². The first-order chi connectivity index (χ1) is 13.1. The average Bonchev–Trinajstić information content (AvgIpc) is 3.26. The zero-order chi connectivity index (χ0) is 18.9. The van der Waals surface area contributed by atoms with Crippen LogP contribution in [-0.4, -0.2) is 42.7 Å². The lowest BCUT2D eigenvalue weighted by Crippen LogP contribution is -2.39. The van der Waals surface area contributed by atoms with Crippen molar-refractivity contribution in [3.05, 3.63) is 59.9 Å². The van der Waals surface area contributed by atoms with Gasteiger partial charge in [0.25, 0.3) is 0 Å². The third-order valence-electron chi connectivity index (χ3n) is 5.75. The number of hydrogen-bond donors (Lipinski definition) is 1. The van der Waals surface area contributed by atoms with Crippen molar-refractivity contribution in [2.75, 3.05) is 24.6 Å². The van der Waals surface area contributed by atoms with Gasteiger partial charge in [-0.1, -0.05) is 24.3 Å². The third kappa shape index (κ3) is 3.44. The van der Waals surface area contributed by atoms with E-state index in [2.05, 4.69) is 53.3 Å². The first-order valence-corrected chi connectivity index (χ1v) is 9.73. The van der Waals surface area contributed by atoms with E-state index in [1.54, 1.807) is 6.20 Å². The Morgan fingerprint density at radius 2 is 2.19 bits per heavy atom. The van der Waals surface area contributed by atoms with Gasteiger partial charge in [-0.15, -0.1) is 0 Å².